The van der Waals surface area contributed by atoms with E-state index in [1.807, 2.05) is 0 Å². The molecule has 0 atom stereocenters. The quantitative estimate of drug-likeness (QED) is 0.546. The summed E-state index contributed by atoms with van der Waals surface area (Å²) in [6.07, 6.45) is 7.00. The van der Waals surface area contributed by atoms with Gasteiger partial charge in [-0.2, -0.15) is 0 Å². The zero-order chi connectivity index (χ0) is 21.4. The molecule has 1 amide bonds. The first-order chi connectivity index (χ1) is 14.6. The third kappa shape index (κ3) is 4.93. The van der Waals surface area contributed by atoms with Crippen LogP contribution in [-0.2, 0) is 10.3 Å². The molecule has 1 aliphatic rings. The minimum atomic E-state index is -1.31. The van der Waals surface area contributed by atoms with Crippen LogP contribution in [0.4, 0.5) is 8.78 Å². The standard InChI is InChI=1S/C24H29F2N3O/c1-2-3-4-15-27-16-5-6-17-29-18-28-24(23(29)30,19-7-11-21(25)12-8-19)20-9-13-22(26)14-10-20/h7-14,18,27H,2-6,15-17H2,1H3. The lowest BCUT2D eigenvalue weighted by molar-refractivity contribution is -0.130. The molecule has 0 unspecified atom stereocenters. The van der Waals surface area contributed by atoms with Gasteiger partial charge in [0.15, 0.2) is 5.54 Å². The Kier molecular flexibility index (Phi) is 7.69. The van der Waals surface area contributed by atoms with Crippen LogP contribution < -0.4 is 5.32 Å². The van der Waals surface area contributed by atoms with Crippen molar-refractivity contribution < 1.29 is 13.6 Å². The van der Waals surface area contributed by atoms with E-state index in [2.05, 4.69) is 17.2 Å². The number of aliphatic imine (C=N–C) groups is 1. The molecule has 30 heavy (non-hydrogen) atoms. The van der Waals surface area contributed by atoms with Gasteiger partial charge in [-0.25, -0.2) is 13.8 Å². The second kappa shape index (κ2) is 10.4. The molecule has 0 aromatic heterocycles. The number of carbonyl (C=O) groups is 1. The first-order valence-corrected chi connectivity index (χ1v) is 10.7. The topological polar surface area (TPSA) is 44.7 Å². The maximum absolute atomic E-state index is 13.5. The molecule has 0 aliphatic carbocycles. The number of unbranched alkanes of at least 4 members (excludes halogenated alkanes) is 3. The third-order valence-corrected chi connectivity index (χ3v) is 5.44. The Balaban J connectivity index is 1.68. The van der Waals surface area contributed by atoms with Crippen molar-refractivity contribution in [3.63, 3.8) is 0 Å². The van der Waals surface area contributed by atoms with E-state index in [0.717, 1.165) is 25.9 Å². The summed E-state index contributed by atoms with van der Waals surface area (Å²) >= 11 is 0. The molecule has 0 saturated heterocycles. The van der Waals surface area contributed by atoms with Crippen molar-refractivity contribution in [3.05, 3.63) is 71.3 Å². The first-order valence-electron chi connectivity index (χ1n) is 10.7. The van der Waals surface area contributed by atoms with Crippen molar-refractivity contribution in [2.45, 2.75) is 44.6 Å². The van der Waals surface area contributed by atoms with E-state index < -0.39 is 5.54 Å². The van der Waals surface area contributed by atoms with Gasteiger partial charge in [-0.3, -0.25) is 4.79 Å². The molecule has 0 fully saturated rings. The van der Waals surface area contributed by atoms with E-state index in [1.165, 1.54) is 43.5 Å². The monoisotopic (exact) mass is 413 g/mol. The number of nitrogens with one attached hydrogen (secondary N) is 1. The zero-order valence-electron chi connectivity index (χ0n) is 17.4. The predicted octanol–water partition coefficient (Wildman–Crippen LogP) is 4.64. The Morgan fingerprint density at radius 1 is 0.867 bits per heavy atom. The lowest BCUT2D eigenvalue weighted by Gasteiger charge is -2.27. The van der Waals surface area contributed by atoms with Gasteiger partial charge in [0, 0.05) is 6.54 Å². The smallest absolute Gasteiger partial charge is 0.264 e. The Hall–Kier alpha value is -2.60. The average molecular weight is 414 g/mol. The molecule has 1 N–H and O–H groups in total. The molecule has 2 aromatic carbocycles. The first kappa shape index (κ1) is 22.1. The number of rotatable bonds is 11. The summed E-state index contributed by atoms with van der Waals surface area (Å²) in [6, 6.07) is 11.5. The second-order valence-corrected chi connectivity index (χ2v) is 7.63. The molecule has 1 aliphatic heterocycles. The van der Waals surface area contributed by atoms with Crippen LogP contribution in [0.1, 0.15) is 50.2 Å². The number of benzene rings is 2. The van der Waals surface area contributed by atoms with Gasteiger partial charge in [-0.1, -0.05) is 44.0 Å². The summed E-state index contributed by atoms with van der Waals surface area (Å²) in [5, 5.41) is 3.43. The molecule has 4 nitrogen and oxygen atoms in total. The summed E-state index contributed by atoms with van der Waals surface area (Å²) in [4.78, 5) is 19.6. The Bertz CT molecular complexity index is 804. The molecular formula is C24H29F2N3O. The Morgan fingerprint density at radius 3 is 1.93 bits per heavy atom. The van der Waals surface area contributed by atoms with Crippen molar-refractivity contribution in [1.82, 2.24) is 10.2 Å². The minimum absolute atomic E-state index is 0.198. The van der Waals surface area contributed by atoms with Crippen LogP contribution in [0.15, 0.2) is 53.5 Å². The zero-order valence-corrected chi connectivity index (χ0v) is 17.4. The molecule has 1 heterocycles. The Labute approximate surface area is 177 Å². The maximum Gasteiger partial charge on any atom is 0.264 e. The van der Waals surface area contributed by atoms with Crippen LogP contribution in [0.25, 0.3) is 0 Å². The number of amides is 1. The molecule has 0 spiro atoms. The predicted molar refractivity (Wildman–Crippen MR) is 115 cm³/mol. The van der Waals surface area contributed by atoms with Gasteiger partial charge in [0.05, 0.1) is 6.34 Å². The van der Waals surface area contributed by atoms with Crippen molar-refractivity contribution in [2.24, 2.45) is 4.99 Å². The molecule has 0 bridgehead atoms. The molecule has 6 heteroatoms. The van der Waals surface area contributed by atoms with E-state index in [-0.39, 0.29) is 17.5 Å². The number of hydrogen-bond acceptors (Lipinski definition) is 3. The summed E-state index contributed by atoms with van der Waals surface area (Å²) in [6.45, 7) is 4.69. The van der Waals surface area contributed by atoms with E-state index in [9.17, 15) is 13.6 Å². The van der Waals surface area contributed by atoms with Crippen molar-refractivity contribution >= 4 is 12.2 Å². The molecule has 2 aromatic rings. The maximum atomic E-state index is 13.5. The van der Waals surface area contributed by atoms with E-state index in [0.29, 0.717) is 17.7 Å². The van der Waals surface area contributed by atoms with Gasteiger partial charge < -0.3 is 10.2 Å². The lowest BCUT2D eigenvalue weighted by atomic mass is 9.82. The number of halogens is 2. The highest BCUT2D eigenvalue weighted by molar-refractivity contribution is 6.03. The van der Waals surface area contributed by atoms with E-state index in [4.69, 9.17) is 0 Å². The van der Waals surface area contributed by atoms with Gasteiger partial charge in [-0.15, -0.1) is 0 Å². The third-order valence-electron chi connectivity index (χ3n) is 5.44. The molecule has 0 radical (unpaired) electrons. The van der Waals surface area contributed by atoms with Crippen LogP contribution in [0.3, 0.4) is 0 Å². The number of carbonyl (C=O) groups excluding carboxylic acids is 1. The fourth-order valence-corrected chi connectivity index (χ4v) is 3.73. The fraction of sp³-hybridized carbons (Fsp3) is 0.417. The summed E-state index contributed by atoms with van der Waals surface area (Å²) in [5.41, 5.74) is -0.173. The highest BCUT2D eigenvalue weighted by Crippen LogP contribution is 2.38. The number of hydrogen-bond donors (Lipinski definition) is 1. The lowest BCUT2D eigenvalue weighted by Crippen LogP contribution is -2.40. The van der Waals surface area contributed by atoms with Gasteiger partial charge >= 0.3 is 0 Å². The van der Waals surface area contributed by atoms with E-state index in [1.54, 1.807) is 35.5 Å². The summed E-state index contributed by atoms with van der Waals surface area (Å²) in [7, 11) is 0. The van der Waals surface area contributed by atoms with Gasteiger partial charge in [0.25, 0.3) is 5.91 Å². The van der Waals surface area contributed by atoms with Crippen LogP contribution in [0.2, 0.25) is 0 Å². The normalized spacial score (nSPS) is 15.2. The van der Waals surface area contributed by atoms with Gasteiger partial charge in [0.2, 0.25) is 0 Å². The SMILES string of the molecule is CCCCCNCCCCN1C=NC(c2ccc(F)cc2)(c2ccc(F)cc2)C1=O. The van der Waals surface area contributed by atoms with Gasteiger partial charge in [-0.05, 0) is 67.7 Å². The average Bonchev–Trinajstić information content (AvgIpc) is 3.08. The summed E-state index contributed by atoms with van der Waals surface area (Å²) < 4.78 is 27.0. The van der Waals surface area contributed by atoms with Crippen LogP contribution in [0.5, 0.6) is 0 Å². The van der Waals surface area contributed by atoms with Crippen LogP contribution in [-0.4, -0.2) is 36.8 Å². The van der Waals surface area contributed by atoms with E-state index >= 15 is 0 Å². The summed E-state index contributed by atoms with van der Waals surface area (Å²) in [5.74, 6) is -0.965. The van der Waals surface area contributed by atoms with Crippen molar-refractivity contribution in [2.75, 3.05) is 19.6 Å². The molecule has 3 rings (SSSR count). The molecule has 0 saturated carbocycles. The number of nitrogens with zero attached hydrogens (tertiary/aromatic N) is 2. The largest absolute Gasteiger partial charge is 0.317 e. The second-order valence-electron chi connectivity index (χ2n) is 7.63. The Morgan fingerprint density at radius 2 is 1.40 bits per heavy atom. The van der Waals surface area contributed by atoms with Crippen molar-refractivity contribution in [1.29, 1.82) is 0 Å². The molecular weight excluding hydrogens is 384 g/mol. The van der Waals surface area contributed by atoms with Crippen LogP contribution >= 0.6 is 0 Å². The highest BCUT2D eigenvalue weighted by atomic mass is 19.1. The fourth-order valence-electron chi connectivity index (χ4n) is 3.73. The van der Waals surface area contributed by atoms with Crippen molar-refractivity contribution in [3.8, 4) is 0 Å². The van der Waals surface area contributed by atoms with Gasteiger partial charge in [0.1, 0.15) is 11.6 Å². The highest BCUT2D eigenvalue weighted by Gasteiger charge is 2.47. The minimum Gasteiger partial charge on any atom is -0.317 e. The van der Waals surface area contributed by atoms with Crippen LogP contribution in [0, 0.1) is 11.6 Å². The molecule has 160 valence electrons.